The van der Waals surface area contributed by atoms with Crippen LogP contribution in [-0.2, 0) is 4.74 Å². The summed E-state index contributed by atoms with van der Waals surface area (Å²) in [6.45, 7) is 4.35. The standard InChI is InChI=1S/C12H16Cl2N2O/c1-12(2)9(5-10(12)17-3)16-11-8(14)4-7(13)6-15-11/h4,6,9-10H,5H2,1-3H3,(H,15,16). The van der Waals surface area contributed by atoms with Gasteiger partial charge in [0.2, 0.25) is 0 Å². The van der Waals surface area contributed by atoms with Gasteiger partial charge in [0.05, 0.1) is 16.1 Å². The first-order chi connectivity index (χ1) is 7.95. The molecule has 0 saturated heterocycles. The maximum absolute atomic E-state index is 6.08. The van der Waals surface area contributed by atoms with Gasteiger partial charge in [-0.1, -0.05) is 37.0 Å². The Hall–Kier alpha value is -0.510. The highest BCUT2D eigenvalue weighted by Gasteiger charge is 2.48. The zero-order valence-electron chi connectivity index (χ0n) is 10.1. The average Bonchev–Trinajstić information content (AvgIpc) is 2.26. The zero-order chi connectivity index (χ0) is 12.6. The second-order valence-corrected chi connectivity index (χ2v) is 5.81. The predicted octanol–water partition coefficient (Wildman–Crippen LogP) is 3.61. The first-order valence-corrected chi connectivity index (χ1v) is 6.31. The molecule has 2 rings (SSSR count). The first kappa shape index (κ1) is 12.9. The quantitative estimate of drug-likeness (QED) is 0.914. The topological polar surface area (TPSA) is 34.1 Å². The number of hydrogen-bond acceptors (Lipinski definition) is 3. The molecule has 0 aromatic carbocycles. The van der Waals surface area contributed by atoms with Crippen LogP contribution in [0.25, 0.3) is 0 Å². The van der Waals surface area contributed by atoms with E-state index in [1.54, 1.807) is 19.4 Å². The fourth-order valence-electron chi connectivity index (χ4n) is 2.22. The number of methoxy groups -OCH3 is 1. The van der Waals surface area contributed by atoms with Gasteiger partial charge in [0.15, 0.2) is 0 Å². The molecule has 0 amide bonds. The molecule has 5 heteroatoms. The molecule has 1 aromatic rings. The molecule has 94 valence electrons. The van der Waals surface area contributed by atoms with Crippen LogP contribution in [0.3, 0.4) is 0 Å². The van der Waals surface area contributed by atoms with Gasteiger partial charge in [-0.2, -0.15) is 0 Å². The van der Waals surface area contributed by atoms with Crippen molar-refractivity contribution in [3.8, 4) is 0 Å². The SMILES string of the molecule is COC1CC(Nc2ncc(Cl)cc2Cl)C1(C)C. The zero-order valence-corrected chi connectivity index (χ0v) is 11.6. The molecule has 17 heavy (non-hydrogen) atoms. The highest BCUT2D eigenvalue weighted by atomic mass is 35.5. The van der Waals surface area contributed by atoms with Crippen molar-refractivity contribution in [3.05, 3.63) is 22.3 Å². The lowest BCUT2D eigenvalue weighted by Crippen LogP contribution is -2.57. The summed E-state index contributed by atoms with van der Waals surface area (Å²) < 4.78 is 5.40. The largest absolute Gasteiger partial charge is 0.381 e. The Kier molecular flexibility index (Phi) is 3.53. The third-order valence-corrected chi connectivity index (χ3v) is 4.08. The molecule has 0 bridgehead atoms. The van der Waals surface area contributed by atoms with E-state index in [0.717, 1.165) is 6.42 Å². The average molecular weight is 275 g/mol. The van der Waals surface area contributed by atoms with Gasteiger partial charge in [0, 0.05) is 24.8 Å². The maximum atomic E-state index is 6.08. The van der Waals surface area contributed by atoms with E-state index in [1.165, 1.54) is 0 Å². The Bertz CT molecular complexity index is 423. The smallest absolute Gasteiger partial charge is 0.145 e. The van der Waals surface area contributed by atoms with Gasteiger partial charge < -0.3 is 10.1 Å². The van der Waals surface area contributed by atoms with Gasteiger partial charge >= 0.3 is 0 Å². The van der Waals surface area contributed by atoms with Crippen LogP contribution in [-0.4, -0.2) is 24.2 Å². The van der Waals surface area contributed by atoms with Crippen molar-refractivity contribution in [1.29, 1.82) is 0 Å². The molecule has 1 saturated carbocycles. The number of nitrogens with zero attached hydrogens (tertiary/aromatic N) is 1. The number of aromatic nitrogens is 1. The molecule has 0 radical (unpaired) electrons. The van der Waals surface area contributed by atoms with Crippen molar-refractivity contribution in [2.24, 2.45) is 5.41 Å². The summed E-state index contributed by atoms with van der Waals surface area (Å²) in [4.78, 5) is 4.20. The van der Waals surface area contributed by atoms with Crippen LogP contribution in [0, 0.1) is 5.41 Å². The summed E-state index contributed by atoms with van der Waals surface area (Å²) in [5.74, 6) is 0.684. The van der Waals surface area contributed by atoms with Crippen molar-refractivity contribution in [1.82, 2.24) is 4.98 Å². The molecule has 2 unspecified atom stereocenters. The third-order valence-electron chi connectivity index (χ3n) is 3.58. The van der Waals surface area contributed by atoms with Crippen molar-refractivity contribution in [2.45, 2.75) is 32.4 Å². The summed E-state index contributed by atoms with van der Waals surface area (Å²) in [7, 11) is 1.75. The van der Waals surface area contributed by atoms with E-state index in [-0.39, 0.29) is 11.5 Å². The summed E-state index contributed by atoms with van der Waals surface area (Å²) in [5, 5.41) is 4.44. The first-order valence-electron chi connectivity index (χ1n) is 5.55. The van der Waals surface area contributed by atoms with Gasteiger partial charge in [-0.25, -0.2) is 4.98 Å². The summed E-state index contributed by atoms with van der Waals surface area (Å²) in [5.41, 5.74) is 0.0827. The molecule has 2 atom stereocenters. The minimum absolute atomic E-state index is 0.0827. The van der Waals surface area contributed by atoms with Crippen LogP contribution >= 0.6 is 23.2 Å². The minimum atomic E-state index is 0.0827. The van der Waals surface area contributed by atoms with Crippen molar-refractivity contribution in [3.63, 3.8) is 0 Å². The van der Waals surface area contributed by atoms with Crippen molar-refractivity contribution in [2.75, 3.05) is 12.4 Å². The number of halogens is 2. The number of ether oxygens (including phenoxy) is 1. The van der Waals surface area contributed by atoms with Crippen LogP contribution in [0.5, 0.6) is 0 Å². The van der Waals surface area contributed by atoms with E-state index in [0.29, 0.717) is 21.9 Å². The van der Waals surface area contributed by atoms with Gasteiger partial charge in [0.25, 0.3) is 0 Å². The van der Waals surface area contributed by atoms with Crippen LogP contribution in [0.4, 0.5) is 5.82 Å². The highest BCUT2D eigenvalue weighted by Crippen LogP contribution is 2.44. The Morgan fingerprint density at radius 1 is 1.47 bits per heavy atom. The Balaban J connectivity index is 2.08. The normalized spacial score (nSPS) is 26.4. The number of anilines is 1. The highest BCUT2D eigenvalue weighted by molar-refractivity contribution is 6.35. The van der Waals surface area contributed by atoms with Crippen LogP contribution in [0.15, 0.2) is 12.3 Å². The van der Waals surface area contributed by atoms with E-state index in [9.17, 15) is 0 Å². The molecule has 1 aliphatic carbocycles. The van der Waals surface area contributed by atoms with E-state index in [2.05, 4.69) is 24.1 Å². The lowest BCUT2D eigenvalue weighted by molar-refractivity contribution is -0.0795. The molecule has 1 aromatic heterocycles. The maximum Gasteiger partial charge on any atom is 0.145 e. The molecule has 0 aliphatic heterocycles. The third kappa shape index (κ3) is 2.37. The van der Waals surface area contributed by atoms with E-state index in [4.69, 9.17) is 27.9 Å². The number of rotatable bonds is 3. The van der Waals surface area contributed by atoms with Gasteiger partial charge in [-0.3, -0.25) is 0 Å². The van der Waals surface area contributed by atoms with E-state index in [1.807, 2.05) is 0 Å². The van der Waals surface area contributed by atoms with Crippen LogP contribution in [0.1, 0.15) is 20.3 Å². The molecule has 1 fully saturated rings. The summed E-state index contributed by atoms with van der Waals surface area (Å²) in [6, 6.07) is 2.01. The molecule has 0 spiro atoms. The van der Waals surface area contributed by atoms with Crippen LogP contribution < -0.4 is 5.32 Å². The second kappa shape index (κ2) is 4.63. The lowest BCUT2D eigenvalue weighted by Gasteiger charge is -2.51. The molecular weight excluding hydrogens is 259 g/mol. The van der Waals surface area contributed by atoms with Gasteiger partial charge in [-0.15, -0.1) is 0 Å². The molecule has 1 heterocycles. The van der Waals surface area contributed by atoms with Crippen LogP contribution in [0.2, 0.25) is 10.0 Å². The van der Waals surface area contributed by atoms with E-state index >= 15 is 0 Å². The summed E-state index contributed by atoms with van der Waals surface area (Å²) in [6.07, 6.45) is 2.84. The number of pyridine rings is 1. The Morgan fingerprint density at radius 2 is 2.18 bits per heavy atom. The fraction of sp³-hybridized carbons (Fsp3) is 0.583. The Labute approximate surface area is 111 Å². The van der Waals surface area contributed by atoms with Gasteiger partial charge in [-0.05, 0) is 12.5 Å². The minimum Gasteiger partial charge on any atom is -0.381 e. The molecule has 1 N–H and O–H groups in total. The predicted molar refractivity (Wildman–Crippen MR) is 70.9 cm³/mol. The van der Waals surface area contributed by atoms with Crippen molar-refractivity contribution < 1.29 is 4.74 Å². The van der Waals surface area contributed by atoms with Crippen molar-refractivity contribution >= 4 is 29.0 Å². The Morgan fingerprint density at radius 3 is 2.71 bits per heavy atom. The number of nitrogens with one attached hydrogen (secondary N) is 1. The molecule has 3 nitrogen and oxygen atoms in total. The van der Waals surface area contributed by atoms with Gasteiger partial charge in [0.1, 0.15) is 5.82 Å². The lowest BCUT2D eigenvalue weighted by atomic mass is 9.64. The fourth-order valence-corrected chi connectivity index (χ4v) is 2.65. The summed E-state index contributed by atoms with van der Waals surface area (Å²) >= 11 is 11.9. The monoisotopic (exact) mass is 274 g/mol. The molecule has 1 aliphatic rings. The number of hydrogen-bond donors (Lipinski definition) is 1. The molecular formula is C12H16Cl2N2O. The van der Waals surface area contributed by atoms with E-state index < -0.39 is 0 Å². The second-order valence-electron chi connectivity index (χ2n) is 4.96.